The smallest absolute Gasteiger partial charge is 0.311 e. The van der Waals surface area contributed by atoms with E-state index in [1.54, 1.807) is 0 Å². The summed E-state index contributed by atoms with van der Waals surface area (Å²) in [6, 6.07) is 0. The maximum absolute atomic E-state index is 12.1. The fourth-order valence-corrected chi connectivity index (χ4v) is 2.91. The van der Waals surface area contributed by atoms with Gasteiger partial charge in [-0.2, -0.15) is 0 Å². The monoisotopic (exact) mass is 240 g/mol. The van der Waals surface area contributed by atoms with Gasteiger partial charge in [-0.05, 0) is 26.7 Å². The molecule has 0 saturated carbocycles. The van der Waals surface area contributed by atoms with E-state index in [4.69, 9.17) is 14.2 Å². The second-order valence-corrected chi connectivity index (χ2v) is 6.04. The summed E-state index contributed by atoms with van der Waals surface area (Å²) in [4.78, 5) is 12.1. The largest absolute Gasteiger partial charge is 0.456 e. The Hall–Kier alpha value is -0.610. The Morgan fingerprint density at radius 3 is 2.88 bits per heavy atom. The zero-order chi connectivity index (χ0) is 12.2. The summed E-state index contributed by atoms with van der Waals surface area (Å²) in [6.45, 7) is 6.60. The Balaban J connectivity index is 1.69. The van der Waals surface area contributed by atoms with E-state index in [9.17, 15) is 4.79 Å². The van der Waals surface area contributed by atoms with Crippen LogP contribution in [0.5, 0.6) is 0 Å². The van der Waals surface area contributed by atoms with E-state index in [-0.39, 0.29) is 30.4 Å². The molecule has 4 heteroatoms. The SMILES string of the molecule is CCC(C)(C)C(=O)OC1C2CC3COC1C3O2. The molecule has 5 unspecified atom stereocenters. The number of carbonyl (C=O) groups is 1. The number of hydrogen-bond donors (Lipinski definition) is 0. The van der Waals surface area contributed by atoms with Crippen molar-refractivity contribution < 1.29 is 19.0 Å². The summed E-state index contributed by atoms with van der Waals surface area (Å²) in [7, 11) is 0. The molecule has 0 N–H and O–H groups in total. The molecule has 3 aliphatic rings. The van der Waals surface area contributed by atoms with Crippen LogP contribution in [0.15, 0.2) is 0 Å². The number of fused-ring (bicyclic) bond motifs is 1. The second kappa shape index (κ2) is 3.69. The number of ether oxygens (including phenoxy) is 3. The molecule has 3 aliphatic heterocycles. The Bertz CT molecular complexity index is 336. The molecule has 17 heavy (non-hydrogen) atoms. The van der Waals surface area contributed by atoms with Crippen molar-refractivity contribution in [1.29, 1.82) is 0 Å². The Morgan fingerprint density at radius 1 is 1.41 bits per heavy atom. The summed E-state index contributed by atoms with van der Waals surface area (Å²) < 4.78 is 17.1. The van der Waals surface area contributed by atoms with Crippen molar-refractivity contribution in [2.45, 2.75) is 58.0 Å². The highest BCUT2D eigenvalue weighted by molar-refractivity contribution is 5.76. The van der Waals surface area contributed by atoms with Crippen LogP contribution < -0.4 is 0 Å². The Labute approximate surface area is 102 Å². The molecule has 5 atom stereocenters. The lowest BCUT2D eigenvalue weighted by Gasteiger charge is -2.28. The summed E-state index contributed by atoms with van der Waals surface area (Å²) >= 11 is 0. The molecule has 96 valence electrons. The first-order valence-electron chi connectivity index (χ1n) is 6.51. The molecule has 0 aliphatic carbocycles. The molecule has 3 fully saturated rings. The quantitative estimate of drug-likeness (QED) is 0.702. The van der Waals surface area contributed by atoms with Crippen LogP contribution in [0.4, 0.5) is 0 Å². The number of esters is 1. The van der Waals surface area contributed by atoms with Crippen LogP contribution in [0.2, 0.25) is 0 Å². The van der Waals surface area contributed by atoms with Crippen LogP contribution in [-0.4, -0.2) is 37.0 Å². The average molecular weight is 240 g/mol. The highest BCUT2D eigenvalue weighted by Crippen LogP contribution is 2.47. The van der Waals surface area contributed by atoms with Crippen LogP contribution in [-0.2, 0) is 19.0 Å². The highest BCUT2D eigenvalue weighted by atomic mass is 16.6. The molecular formula is C13H20O4. The van der Waals surface area contributed by atoms with E-state index in [1.165, 1.54) is 0 Å². The Kier molecular flexibility index (Phi) is 2.49. The van der Waals surface area contributed by atoms with Crippen LogP contribution in [0.25, 0.3) is 0 Å². The van der Waals surface area contributed by atoms with Gasteiger partial charge in [0.15, 0.2) is 6.10 Å². The minimum Gasteiger partial charge on any atom is -0.456 e. The zero-order valence-corrected chi connectivity index (χ0v) is 10.6. The molecule has 0 amide bonds. The standard InChI is InChI=1S/C13H20O4/c1-4-13(2,3)12(14)17-10-8-5-7-6-15-11(10)9(7)16-8/h7-11H,4-6H2,1-3H3. The molecule has 0 aromatic heterocycles. The third kappa shape index (κ3) is 1.61. The van der Waals surface area contributed by atoms with Gasteiger partial charge in [0.2, 0.25) is 0 Å². The first kappa shape index (κ1) is 11.5. The predicted octanol–water partition coefficient (Wildman–Crippen LogP) is 1.52. The van der Waals surface area contributed by atoms with Gasteiger partial charge in [0, 0.05) is 5.92 Å². The lowest BCUT2D eigenvalue weighted by molar-refractivity contribution is -0.166. The van der Waals surface area contributed by atoms with Crippen LogP contribution in [0, 0.1) is 11.3 Å². The first-order chi connectivity index (χ1) is 8.03. The van der Waals surface area contributed by atoms with Crippen molar-refractivity contribution in [3.05, 3.63) is 0 Å². The van der Waals surface area contributed by atoms with Crippen molar-refractivity contribution in [3.63, 3.8) is 0 Å². The third-order valence-corrected chi connectivity index (χ3v) is 4.53. The van der Waals surface area contributed by atoms with Crippen LogP contribution in [0.3, 0.4) is 0 Å². The average Bonchev–Trinajstić information content (AvgIpc) is 2.89. The lowest BCUT2D eigenvalue weighted by atomic mass is 9.87. The molecule has 2 bridgehead atoms. The third-order valence-electron chi connectivity index (χ3n) is 4.53. The van der Waals surface area contributed by atoms with Crippen molar-refractivity contribution >= 4 is 5.97 Å². The molecule has 0 aromatic carbocycles. The molecule has 3 heterocycles. The Morgan fingerprint density at radius 2 is 2.18 bits per heavy atom. The topological polar surface area (TPSA) is 44.8 Å². The fraction of sp³-hybridized carbons (Fsp3) is 0.923. The molecule has 0 radical (unpaired) electrons. The minimum atomic E-state index is -0.417. The van der Waals surface area contributed by atoms with Crippen molar-refractivity contribution in [1.82, 2.24) is 0 Å². The van der Waals surface area contributed by atoms with Gasteiger partial charge in [0.1, 0.15) is 6.10 Å². The highest BCUT2D eigenvalue weighted by Gasteiger charge is 2.60. The molecule has 3 saturated heterocycles. The number of rotatable bonds is 3. The van der Waals surface area contributed by atoms with Gasteiger partial charge in [-0.15, -0.1) is 0 Å². The maximum Gasteiger partial charge on any atom is 0.311 e. The summed E-state index contributed by atoms with van der Waals surface area (Å²) in [5.74, 6) is 0.396. The normalized spacial score (nSPS) is 43.1. The van der Waals surface area contributed by atoms with Gasteiger partial charge in [0.25, 0.3) is 0 Å². The lowest BCUT2D eigenvalue weighted by Crippen LogP contribution is -2.42. The van der Waals surface area contributed by atoms with E-state index in [1.807, 2.05) is 20.8 Å². The van der Waals surface area contributed by atoms with E-state index < -0.39 is 5.41 Å². The van der Waals surface area contributed by atoms with Crippen molar-refractivity contribution in [2.24, 2.45) is 11.3 Å². The van der Waals surface area contributed by atoms with Gasteiger partial charge >= 0.3 is 5.97 Å². The van der Waals surface area contributed by atoms with E-state index in [2.05, 4.69) is 0 Å². The summed E-state index contributed by atoms with van der Waals surface area (Å²) in [5, 5.41) is 0. The minimum absolute atomic E-state index is 0.0182. The van der Waals surface area contributed by atoms with Crippen molar-refractivity contribution in [2.75, 3.05) is 6.61 Å². The predicted molar refractivity (Wildman–Crippen MR) is 60.5 cm³/mol. The van der Waals surface area contributed by atoms with E-state index in [0.29, 0.717) is 5.92 Å². The van der Waals surface area contributed by atoms with Gasteiger partial charge in [-0.25, -0.2) is 0 Å². The van der Waals surface area contributed by atoms with Crippen molar-refractivity contribution in [3.8, 4) is 0 Å². The number of carbonyl (C=O) groups excluding carboxylic acids is 1. The summed E-state index contributed by atoms with van der Waals surface area (Å²) in [6.07, 6.45) is 1.79. The molecule has 3 rings (SSSR count). The van der Waals surface area contributed by atoms with Crippen LogP contribution in [0.1, 0.15) is 33.6 Å². The van der Waals surface area contributed by atoms with Crippen LogP contribution >= 0.6 is 0 Å². The fourth-order valence-electron chi connectivity index (χ4n) is 2.91. The maximum atomic E-state index is 12.1. The summed E-state index contributed by atoms with van der Waals surface area (Å²) in [5.41, 5.74) is -0.417. The first-order valence-corrected chi connectivity index (χ1v) is 6.51. The van der Waals surface area contributed by atoms with Gasteiger partial charge in [0.05, 0.1) is 24.2 Å². The molecular weight excluding hydrogens is 220 g/mol. The molecule has 0 aromatic rings. The number of hydrogen-bond acceptors (Lipinski definition) is 4. The van der Waals surface area contributed by atoms with E-state index in [0.717, 1.165) is 19.4 Å². The van der Waals surface area contributed by atoms with Gasteiger partial charge < -0.3 is 14.2 Å². The van der Waals surface area contributed by atoms with Gasteiger partial charge in [-0.3, -0.25) is 4.79 Å². The second-order valence-electron chi connectivity index (χ2n) is 6.04. The zero-order valence-electron chi connectivity index (χ0n) is 10.6. The van der Waals surface area contributed by atoms with E-state index >= 15 is 0 Å². The molecule has 4 nitrogen and oxygen atoms in total. The van der Waals surface area contributed by atoms with Gasteiger partial charge in [-0.1, -0.05) is 6.92 Å². The molecule has 0 spiro atoms.